The van der Waals surface area contributed by atoms with Crippen LogP contribution in [0.25, 0.3) is 0 Å². The van der Waals surface area contributed by atoms with Gasteiger partial charge in [0, 0.05) is 20.2 Å². The van der Waals surface area contributed by atoms with Crippen molar-refractivity contribution in [3.8, 4) is 0 Å². The summed E-state index contributed by atoms with van der Waals surface area (Å²) < 4.78 is 18.2. The second-order valence-electron chi connectivity index (χ2n) is 2.92. The van der Waals surface area contributed by atoms with E-state index in [4.69, 9.17) is 4.74 Å². The summed E-state index contributed by atoms with van der Waals surface area (Å²) in [5, 5.41) is 3.18. The zero-order chi connectivity index (χ0) is 10.4. The molecular formula is C10H13BrFNO. The van der Waals surface area contributed by atoms with Gasteiger partial charge in [-0.05, 0) is 33.6 Å². The van der Waals surface area contributed by atoms with Crippen LogP contribution in [0.5, 0.6) is 0 Å². The van der Waals surface area contributed by atoms with Gasteiger partial charge < -0.3 is 10.1 Å². The van der Waals surface area contributed by atoms with E-state index in [-0.39, 0.29) is 5.82 Å². The second kappa shape index (κ2) is 6.11. The molecule has 0 spiro atoms. The first-order chi connectivity index (χ1) is 6.74. The summed E-state index contributed by atoms with van der Waals surface area (Å²) in [5.41, 5.74) is 1.05. The number of halogens is 2. The predicted molar refractivity (Wildman–Crippen MR) is 57.7 cm³/mol. The maximum absolute atomic E-state index is 12.9. The van der Waals surface area contributed by atoms with Crippen molar-refractivity contribution < 1.29 is 9.13 Å². The quantitative estimate of drug-likeness (QED) is 0.822. The van der Waals surface area contributed by atoms with Crippen LogP contribution in [0.15, 0.2) is 22.7 Å². The largest absolute Gasteiger partial charge is 0.383 e. The second-order valence-corrected chi connectivity index (χ2v) is 3.77. The molecule has 1 aromatic carbocycles. The number of methoxy groups -OCH3 is 1. The topological polar surface area (TPSA) is 21.3 Å². The van der Waals surface area contributed by atoms with Crippen molar-refractivity contribution in [3.05, 3.63) is 34.1 Å². The molecule has 0 saturated carbocycles. The van der Waals surface area contributed by atoms with Gasteiger partial charge in [0.25, 0.3) is 0 Å². The van der Waals surface area contributed by atoms with Gasteiger partial charge in [-0.25, -0.2) is 4.39 Å². The summed E-state index contributed by atoms with van der Waals surface area (Å²) >= 11 is 3.14. The molecule has 0 aromatic heterocycles. The van der Waals surface area contributed by atoms with Gasteiger partial charge >= 0.3 is 0 Å². The first-order valence-corrected chi connectivity index (χ1v) is 5.17. The lowest BCUT2D eigenvalue weighted by Crippen LogP contribution is -2.18. The van der Waals surface area contributed by atoms with E-state index in [1.165, 1.54) is 6.07 Å². The summed E-state index contributed by atoms with van der Waals surface area (Å²) in [6, 6.07) is 4.99. The Kier molecular flexibility index (Phi) is 5.07. The Morgan fingerprint density at radius 2 is 2.29 bits per heavy atom. The number of hydrogen-bond donors (Lipinski definition) is 1. The molecule has 0 unspecified atom stereocenters. The van der Waals surface area contributed by atoms with Crippen LogP contribution < -0.4 is 5.32 Å². The van der Waals surface area contributed by atoms with Crippen molar-refractivity contribution >= 4 is 15.9 Å². The van der Waals surface area contributed by atoms with Crippen LogP contribution >= 0.6 is 15.9 Å². The van der Waals surface area contributed by atoms with Gasteiger partial charge in [0.1, 0.15) is 5.82 Å². The molecule has 0 atom stereocenters. The van der Waals surface area contributed by atoms with E-state index < -0.39 is 0 Å². The van der Waals surface area contributed by atoms with Crippen molar-refractivity contribution in [2.24, 2.45) is 0 Å². The molecule has 1 N–H and O–H groups in total. The summed E-state index contributed by atoms with van der Waals surface area (Å²) in [7, 11) is 1.66. The van der Waals surface area contributed by atoms with Crippen molar-refractivity contribution in [3.63, 3.8) is 0 Å². The van der Waals surface area contributed by atoms with Crippen LogP contribution in [0.1, 0.15) is 5.56 Å². The monoisotopic (exact) mass is 261 g/mol. The Labute approximate surface area is 91.6 Å². The van der Waals surface area contributed by atoms with Crippen LogP contribution in [0.3, 0.4) is 0 Å². The van der Waals surface area contributed by atoms with E-state index in [2.05, 4.69) is 21.2 Å². The minimum Gasteiger partial charge on any atom is -0.383 e. The lowest BCUT2D eigenvalue weighted by Gasteiger charge is -2.04. The average molecular weight is 262 g/mol. The van der Waals surface area contributed by atoms with Crippen molar-refractivity contribution in [2.45, 2.75) is 6.54 Å². The number of rotatable bonds is 5. The smallest absolute Gasteiger partial charge is 0.137 e. The van der Waals surface area contributed by atoms with Gasteiger partial charge in [-0.3, -0.25) is 0 Å². The highest BCUT2D eigenvalue weighted by Crippen LogP contribution is 2.16. The van der Waals surface area contributed by atoms with E-state index in [0.29, 0.717) is 11.1 Å². The minimum absolute atomic E-state index is 0.231. The van der Waals surface area contributed by atoms with Gasteiger partial charge in [-0.15, -0.1) is 0 Å². The summed E-state index contributed by atoms with van der Waals surface area (Å²) in [6.07, 6.45) is 0. The first-order valence-electron chi connectivity index (χ1n) is 4.37. The molecule has 0 aliphatic carbocycles. The van der Waals surface area contributed by atoms with Crippen LogP contribution in [-0.4, -0.2) is 20.3 Å². The lowest BCUT2D eigenvalue weighted by molar-refractivity contribution is 0.199. The highest BCUT2D eigenvalue weighted by molar-refractivity contribution is 9.10. The minimum atomic E-state index is -0.231. The third kappa shape index (κ3) is 3.74. The Balaban J connectivity index is 2.39. The molecule has 1 rings (SSSR count). The molecule has 0 saturated heterocycles. The number of benzene rings is 1. The molecule has 0 aliphatic rings. The fourth-order valence-corrected chi connectivity index (χ4v) is 1.48. The lowest BCUT2D eigenvalue weighted by atomic mass is 10.2. The molecule has 0 heterocycles. The molecule has 78 valence electrons. The van der Waals surface area contributed by atoms with E-state index in [9.17, 15) is 4.39 Å². The Hall–Kier alpha value is -0.450. The van der Waals surface area contributed by atoms with Crippen molar-refractivity contribution in [2.75, 3.05) is 20.3 Å². The molecule has 14 heavy (non-hydrogen) atoms. The van der Waals surface area contributed by atoms with E-state index >= 15 is 0 Å². The van der Waals surface area contributed by atoms with Gasteiger partial charge in [-0.2, -0.15) is 0 Å². The molecule has 0 radical (unpaired) electrons. The number of nitrogens with one attached hydrogen (secondary N) is 1. The highest BCUT2D eigenvalue weighted by Gasteiger charge is 1.99. The summed E-state index contributed by atoms with van der Waals surface area (Å²) in [5.74, 6) is -0.231. The number of ether oxygens (including phenoxy) is 1. The van der Waals surface area contributed by atoms with Crippen LogP contribution in [0.4, 0.5) is 4.39 Å². The zero-order valence-corrected chi connectivity index (χ0v) is 9.60. The van der Waals surface area contributed by atoms with E-state index in [1.807, 2.05) is 0 Å². The fraction of sp³-hybridized carbons (Fsp3) is 0.400. The van der Waals surface area contributed by atoms with Crippen LogP contribution in [-0.2, 0) is 11.3 Å². The molecule has 0 aliphatic heterocycles. The van der Waals surface area contributed by atoms with E-state index in [0.717, 1.165) is 18.7 Å². The molecular weight excluding hydrogens is 249 g/mol. The van der Waals surface area contributed by atoms with Crippen LogP contribution in [0, 0.1) is 5.82 Å². The Morgan fingerprint density at radius 3 is 2.93 bits per heavy atom. The molecule has 1 aromatic rings. The highest BCUT2D eigenvalue weighted by atomic mass is 79.9. The van der Waals surface area contributed by atoms with Crippen molar-refractivity contribution in [1.29, 1.82) is 0 Å². The molecule has 4 heteroatoms. The van der Waals surface area contributed by atoms with Crippen molar-refractivity contribution in [1.82, 2.24) is 5.32 Å². The van der Waals surface area contributed by atoms with Gasteiger partial charge in [-0.1, -0.05) is 6.07 Å². The predicted octanol–water partition coefficient (Wildman–Crippen LogP) is 2.32. The van der Waals surface area contributed by atoms with Gasteiger partial charge in [0.2, 0.25) is 0 Å². The van der Waals surface area contributed by atoms with Crippen LogP contribution in [0.2, 0.25) is 0 Å². The van der Waals surface area contributed by atoms with Gasteiger partial charge in [0.05, 0.1) is 11.1 Å². The first kappa shape index (κ1) is 11.6. The summed E-state index contributed by atoms with van der Waals surface area (Å²) in [4.78, 5) is 0. The third-order valence-electron chi connectivity index (χ3n) is 1.80. The maximum atomic E-state index is 12.9. The van der Waals surface area contributed by atoms with Gasteiger partial charge in [0.15, 0.2) is 0 Å². The average Bonchev–Trinajstić information content (AvgIpc) is 2.18. The molecule has 0 fully saturated rings. The fourth-order valence-electron chi connectivity index (χ4n) is 1.06. The zero-order valence-electron chi connectivity index (χ0n) is 8.02. The van der Waals surface area contributed by atoms with E-state index in [1.54, 1.807) is 19.2 Å². The maximum Gasteiger partial charge on any atom is 0.137 e. The Morgan fingerprint density at radius 1 is 1.50 bits per heavy atom. The Bertz CT molecular complexity index is 293. The molecule has 0 bridgehead atoms. The normalized spacial score (nSPS) is 10.5. The molecule has 0 amide bonds. The molecule has 2 nitrogen and oxygen atoms in total. The summed E-state index contributed by atoms with van der Waals surface area (Å²) in [6.45, 7) is 2.20. The number of hydrogen-bond acceptors (Lipinski definition) is 2. The SMILES string of the molecule is COCCNCc1ccc(F)c(Br)c1. The standard InChI is InChI=1S/C10H13BrFNO/c1-14-5-4-13-7-8-2-3-10(12)9(11)6-8/h2-3,6,13H,4-5,7H2,1H3. The third-order valence-corrected chi connectivity index (χ3v) is 2.40.